The molecule has 0 saturated carbocycles. The Bertz CT molecular complexity index is 901. The van der Waals surface area contributed by atoms with Crippen molar-refractivity contribution in [3.63, 3.8) is 0 Å². The van der Waals surface area contributed by atoms with Crippen LogP contribution in [0, 0.1) is 5.92 Å². The number of benzene rings is 2. The summed E-state index contributed by atoms with van der Waals surface area (Å²) < 4.78 is 0. The Morgan fingerprint density at radius 3 is 2.41 bits per heavy atom. The van der Waals surface area contributed by atoms with Gasteiger partial charge in [-0.25, -0.2) is 0 Å². The van der Waals surface area contributed by atoms with Crippen molar-refractivity contribution in [1.82, 2.24) is 15.1 Å². The van der Waals surface area contributed by atoms with Gasteiger partial charge in [-0.15, -0.1) is 0 Å². The molecule has 0 spiro atoms. The van der Waals surface area contributed by atoms with Gasteiger partial charge in [0.2, 0.25) is 5.91 Å². The lowest BCUT2D eigenvalue weighted by Crippen LogP contribution is -2.36. The Morgan fingerprint density at radius 2 is 1.66 bits per heavy atom. The summed E-state index contributed by atoms with van der Waals surface area (Å²) in [5, 5.41) is 6.60. The molecule has 1 fully saturated rings. The van der Waals surface area contributed by atoms with Crippen molar-refractivity contribution in [3.8, 4) is 0 Å². The zero-order valence-electron chi connectivity index (χ0n) is 18.9. The molecule has 2 aromatic carbocycles. The van der Waals surface area contributed by atoms with E-state index in [4.69, 9.17) is 11.6 Å². The first kappa shape index (κ1) is 24.2. The van der Waals surface area contributed by atoms with Gasteiger partial charge in [-0.1, -0.05) is 49.7 Å². The Labute approximate surface area is 195 Å². The molecule has 3 rings (SSSR count). The lowest BCUT2D eigenvalue weighted by atomic mass is 10.1. The highest BCUT2D eigenvalue weighted by molar-refractivity contribution is 6.30. The largest absolute Gasteiger partial charge is 0.352 e. The fraction of sp³-hybridized carbons (Fsp3) is 0.440. The third-order valence-corrected chi connectivity index (χ3v) is 5.74. The molecule has 1 heterocycles. The SMILES string of the molecule is CC(C)CNC(=O)c1ccccc1NC(=O)CN1CCCN(Cc2ccc(Cl)cc2)CC1. The number of halogens is 1. The average Bonchev–Trinajstić information content (AvgIpc) is 2.99. The van der Waals surface area contributed by atoms with Crippen molar-refractivity contribution in [2.45, 2.75) is 26.8 Å². The van der Waals surface area contributed by atoms with E-state index in [1.807, 2.05) is 38.1 Å². The van der Waals surface area contributed by atoms with Gasteiger partial charge in [0.15, 0.2) is 0 Å². The molecule has 2 aromatic rings. The maximum Gasteiger partial charge on any atom is 0.253 e. The number of para-hydroxylation sites is 1. The molecule has 0 bridgehead atoms. The lowest BCUT2D eigenvalue weighted by Gasteiger charge is -2.22. The van der Waals surface area contributed by atoms with E-state index >= 15 is 0 Å². The predicted octanol–water partition coefficient (Wildman–Crippen LogP) is 3.87. The number of hydrogen-bond acceptors (Lipinski definition) is 4. The summed E-state index contributed by atoms with van der Waals surface area (Å²) in [6.07, 6.45) is 1.01. The number of hydrogen-bond donors (Lipinski definition) is 2. The molecule has 0 radical (unpaired) electrons. The van der Waals surface area contributed by atoms with Crippen LogP contribution in [0.25, 0.3) is 0 Å². The zero-order chi connectivity index (χ0) is 22.9. The third kappa shape index (κ3) is 7.62. The first-order valence-electron chi connectivity index (χ1n) is 11.3. The van der Waals surface area contributed by atoms with Gasteiger partial charge < -0.3 is 10.6 Å². The molecule has 1 aliphatic rings. The molecule has 0 unspecified atom stereocenters. The van der Waals surface area contributed by atoms with Crippen LogP contribution in [0.3, 0.4) is 0 Å². The van der Waals surface area contributed by atoms with Gasteiger partial charge in [0.1, 0.15) is 0 Å². The minimum atomic E-state index is -0.165. The van der Waals surface area contributed by atoms with Crippen molar-refractivity contribution in [1.29, 1.82) is 0 Å². The molecule has 0 aromatic heterocycles. The highest BCUT2D eigenvalue weighted by Gasteiger charge is 2.19. The second-order valence-corrected chi connectivity index (χ2v) is 9.17. The Kier molecular flexibility index (Phi) is 9.09. The summed E-state index contributed by atoms with van der Waals surface area (Å²) >= 11 is 5.98. The summed E-state index contributed by atoms with van der Waals surface area (Å²) in [5.41, 5.74) is 2.29. The number of nitrogens with one attached hydrogen (secondary N) is 2. The van der Waals surface area contributed by atoms with Crippen LogP contribution < -0.4 is 10.6 Å². The van der Waals surface area contributed by atoms with Crippen molar-refractivity contribution < 1.29 is 9.59 Å². The van der Waals surface area contributed by atoms with E-state index in [1.54, 1.807) is 12.1 Å². The molecular weight excluding hydrogens is 424 g/mol. The number of carbonyl (C=O) groups excluding carboxylic acids is 2. The molecule has 172 valence electrons. The molecule has 0 aliphatic carbocycles. The normalized spacial score (nSPS) is 15.4. The van der Waals surface area contributed by atoms with Crippen molar-refractivity contribution >= 4 is 29.1 Å². The van der Waals surface area contributed by atoms with E-state index < -0.39 is 0 Å². The van der Waals surface area contributed by atoms with E-state index in [-0.39, 0.29) is 11.8 Å². The maximum absolute atomic E-state index is 12.7. The summed E-state index contributed by atoms with van der Waals surface area (Å²) in [4.78, 5) is 29.8. The van der Waals surface area contributed by atoms with Crippen LogP contribution in [-0.2, 0) is 11.3 Å². The van der Waals surface area contributed by atoms with Gasteiger partial charge in [0, 0.05) is 31.2 Å². The van der Waals surface area contributed by atoms with Crippen LogP contribution >= 0.6 is 11.6 Å². The van der Waals surface area contributed by atoms with Crippen LogP contribution in [0.2, 0.25) is 5.02 Å². The lowest BCUT2D eigenvalue weighted by molar-refractivity contribution is -0.117. The second kappa shape index (κ2) is 12.0. The minimum Gasteiger partial charge on any atom is -0.352 e. The average molecular weight is 457 g/mol. The molecule has 6 nitrogen and oxygen atoms in total. The van der Waals surface area contributed by atoms with Gasteiger partial charge in [0.25, 0.3) is 5.91 Å². The van der Waals surface area contributed by atoms with Crippen LogP contribution in [0.1, 0.15) is 36.2 Å². The predicted molar refractivity (Wildman–Crippen MR) is 130 cm³/mol. The van der Waals surface area contributed by atoms with Gasteiger partial charge in [-0.2, -0.15) is 0 Å². The van der Waals surface area contributed by atoms with Gasteiger partial charge >= 0.3 is 0 Å². The van der Waals surface area contributed by atoms with Gasteiger partial charge in [-0.05, 0) is 55.3 Å². The second-order valence-electron chi connectivity index (χ2n) is 8.73. The number of rotatable bonds is 8. The zero-order valence-corrected chi connectivity index (χ0v) is 19.7. The highest BCUT2D eigenvalue weighted by Crippen LogP contribution is 2.16. The fourth-order valence-electron chi connectivity index (χ4n) is 3.76. The summed E-state index contributed by atoms with van der Waals surface area (Å²) in [7, 11) is 0. The molecule has 1 aliphatic heterocycles. The Hall–Kier alpha value is -2.41. The Morgan fingerprint density at radius 1 is 0.969 bits per heavy atom. The number of nitrogens with zero attached hydrogens (tertiary/aromatic N) is 2. The molecule has 0 atom stereocenters. The summed E-state index contributed by atoms with van der Waals surface area (Å²) in [6.45, 7) is 9.51. The van der Waals surface area contributed by atoms with Crippen LogP contribution in [0.4, 0.5) is 5.69 Å². The summed E-state index contributed by atoms with van der Waals surface area (Å²) in [5.74, 6) is 0.102. The van der Waals surface area contributed by atoms with Crippen molar-refractivity contribution in [2.24, 2.45) is 5.92 Å². The van der Waals surface area contributed by atoms with E-state index in [2.05, 4.69) is 32.6 Å². The number of amides is 2. The van der Waals surface area contributed by atoms with E-state index in [9.17, 15) is 9.59 Å². The molecule has 7 heteroatoms. The highest BCUT2D eigenvalue weighted by atomic mass is 35.5. The molecule has 2 amide bonds. The van der Waals surface area contributed by atoms with Crippen LogP contribution in [-0.4, -0.2) is 60.9 Å². The third-order valence-electron chi connectivity index (χ3n) is 5.48. The standard InChI is InChI=1S/C25H33ClN4O2/c1-19(2)16-27-25(32)22-6-3-4-7-23(22)28-24(31)18-30-13-5-12-29(14-15-30)17-20-8-10-21(26)11-9-20/h3-4,6-11,19H,5,12-18H2,1-2H3,(H,27,32)(H,28,31). The number of anilines is 1. The minimum absolute atomic E-state index is 0.0970. The topological polar surface area (TPSA) is 64.7 Å². The van der Waals surface area contributed by atoms with Gasteiger partial charge in [0.05, 0.1) is 17.8 Å². The van der Waals surface area contributed by atoms with Crippen molar-refractivity contribution in [3.05, 3.63) is 64.7 Å². The van der Waals surface area contributed by atoms with E-state index in [1.165, 1.54) is 5.56 Å². The fourth-order valence-corrected chi connectivity index (χ4v) is 3.89. The summed E-state index contributed by atoms with van der Waals surface area (Å²) in [6, 6.07) is 15.1. The Balaban J connectivity index is 1.51. The van der Waals surface area contributed by atoms with E-state index in [0.29, 0.717) is 30.3 Å². The van der Waals surface area contributed by atoms with Gasteiger partial charge in [-0.3, -0.25) is 19.4 Å². The van der Waals surface area contributed by atoms with Crippen molar-refractivity contribution in [2.75, 3.05) is 44.6 Å². The first-order valence-corrected chi connectivity index (χ1v) is 11.6. The van der Waals surface area contributed by atoms with Crippen LogP contribution in [0.5, 0.6) is 0 Å². The number of carbonyl (C=O) groups is 2. The molecule has 2 N–H and O–H groups in total. The molecule has 1 saturated heterocycles. The molecular formula is C25H33ClN4O2. The smallest absolute Gasteiger partial charge is 0.253 e. The molecule has 32 heavy (non-hydrogen) atoms. The maximum atomic E-state index is 12.7. The first-order chi connectivity index (χ1) is 15.4. The monoisotopic (exact) mass is 456 g/mol. The quantitative estimate of drug-likeness (QED) is 0.632. The van der Waals surface area contributed by atoms with Crippen LogP contribution in [0.15, 0.2) is 48.5 Å². The van der Waals surface area contributed by atoms with E-state index in [0.717, 1.165) is 44.2 Å².